The van der Waals surface area contributed by atoms with Gasteiger partial charge in [0.05, 0.1) is 23.1 Å². The van der Waals surface area contributed by atoms with Crippen LogP contribution in [0.1, 0.15) is 33.1 Å². The summed E-state index contributed by atoms with van der Waals surface area (Å²) in [7, 11) is 0. The van der Waals surface area contributed by atoms with Gasteiger partial charge in [0.25, 0.3) is 0 Å². The van der Waals surface area contributed by atoms with Crippen LogP contribution >= 0.6 is 0 Å². The van der Waals surface area contributed by atoms with Crippen molar-refractivity contribution in [1.29, 1.82) is 5.26 Å². The zero-order valence-electron chi connectivity index (χ0n) is 10.9. The number of fused-ring (bicyclic) bond motifs is 1. The molecule has 1 unspecified atom stereocenters. The highest BCUT2D eigenvalue weighted by atomic mass is 16.2. The Morgan fingerprint density at radius 1 is 1.56 bits per heavy atom. The minimum absolute atomic E-state index is 0.0309. The molecule has 2 aliphatic carbocycles. The first-order valence-electron chi connectivity index (χ1n) is 6.75. The number of nitrogens with two attached hydrogens (primary N) is 1. The Hall–Kier alpha value is -1.50. The van der Waals surface area contributed by atoms with Gasteiger partial charge in [0, 0.05) is 5.70 Å². The summed E-state index contributed by atoms with van der Waals surface area (Å²) in [5.74, 6) is 0.843. The van der Waals surface area contributed by atoms with Crippen LogP contribution in [0.3, 0.4) is 0 Å². The van der Waals surface area contributed by atoms with Gasteiger partial charge in [-0.1, -0.05) is 20.3 Å². The van der Waals surface area contributed by atoms with Crippen LogP contribution in [0.5, 0.6) is 0 Å². The monoisotopic (exact) mass is 245 g/mol. The number of nitrogens with zero attached hydrogens (tertiary/aromatic N) is 1. The van der Waals surface area contributed by atoms with Crippen LogP contribution in [0.15, 0.2) is 11.3 Å². The van der Waals surface area contributed by atoms with Crippen LogP contribution in [0.4, 0.5) is 0 Å². The smallest absolute Gasteiger partial charge is 0.230 e. The van der Waals surface area contributed by atoms with E-state index in [9.17, 15) is 10.1 Å². The average molecular weight is 245 g/mol. The molecule has 2 aliphatic heterocycles. The Bertz CT molecular complexity index is 488. The van der Waals surface area contributed by atoms with E-state index in [1.54, 1.807) is 0 Å². The van der Waals surface area contributed by atoms with Crippen LogP contribution in [0.25, 0.3) is 0 Å². The van der Waals surface area contributed by atoms with Gasteiger partial charge in [-0.15, -0.1) is 0 Å². The topological polar surface area (TPSA) is 78.9 Å². The van der Waals surface area contributed by atoms with Crippen LogP contribution in [0, 0.1) is 35.0 Å². The van der Waals surface area contributed by atoms with Crippen molar-refractivity contribution in [1.82, 2.24) is 5.32 Å². The van der Waals surface area contributed by atoms with Crippen molar-refractivity contribution in [3.63, 3.8) is 0 Å². The van der Waals surface area contributed by atoms with Crippen molar-refractivity contribution in [3.8, 4) is 6.07 Å². The molecule has 96 valence electrons. The number of hydrogen-bond donors (Lipinski definition) is 2. The van der Waals surface area contributed by atoms with Crippen LogP contribution in [0.2, 0.25) is 0 Å². The second-order valence-corrected chi connectivity index (χ2v) is 6.20. The molecule has 4 nitrogen and oxygen atoms in total. The third kappa shape index (κ3) is 1.12. The van der Waals surface area contributed by atoms with Gasteiger partial charge in [-0.2, -0.15) is 5.26 Å². The molecule has 0 aromatic carbocycles. The van der Waals surface area contributed by atoms with Crippen molar-refractivity contribution in [2.24, 2.45) is 29.4 Å². The largest absolute Gasteiger partial charge is 0.401 e. The summed E-state index contributed by atoms with van der Waals surface area (Å²) in [6.45, 7) is 4.31. The Morgan fingerprint density at radius 3 is 2.89 bits per heavy atom. The summed E-state index contributed by atoms with van der Waals surface area (Å²) in [6, 6.07) is 2.27. The van der Waals surface area contributed by atoms with E-state index in [0.717, 1.165) is 19.3 Å². The van der Waals surface area contributed by atoms with E-state index in [1.165, 1.54) is 0 Å². The van der Waals surface area contributed by atoms with Gasteiger partial charge in [-0.05, 0) is 30.6 Å². The second-order valence-electron chi connectivity index (χ2n) is 6.20. The highest BCUT2D eigenvalue weighted by Crippen LogP contribution is 2.57. The number of nitriles is 1. The predicted molar refractivity (Wildman–Crippen MR) is 66.9 cm³/mol. The first kappa shape index (κ1) is 11.6. The third-order valence-electron chi connectivity index (χ3n) is 5.15. The van der Waals surface area contributed by atoms with E-state index in [4.69, 9.17) is 5.73 Å². The molecule has 18 heavy (non-hydrogen) atoms. The highest BCUT2D eigenvalue weighted by Gasteiger charge is 2.62. The minimum atomic E-state index is -0.445. The number of carbonyl (C=O) groups is 1. The van der Waals surface area contributed by atoms with Crippen LogP contribution < -0.4 is 11.1 Å². The van der Waals surface area contributed by atoms with E-state index in [1.807, 2.05) is 0 Å². The van der Waals surface area contributed by atoms with Gasteiger partial charge >= 0.3 is 0 Å². The molecule has 4 atom stereocenters. The number of rotatable bonds is 1. The molecule has 1 spiro atoms. The van der Waals surface area contributed by atoms with E-state index in [-0.39, 0.29) is 11.8 Å². The molecule has 2 heterocycles. The molecule has 0 radical (unpaired) electrons. The molecule has 1 saturated carbocycles. The molecule has 0 aromatic heterocycles. The van der Waals surface area contributed by atoms with Crippen molar-refractivity contribution in [3.05, 3.63) is 11.3 Å². The lowest BCUT2D eigenvalue weighted by Gasteiger charge is -2.54. The number of nitrogens with one attached hydrogen (secondary N) is 1. The first-order chi connectivity index (χ1) is 8.53. The standard InChI is InChI=1S/C14H19N3O/c1-7(2)10-8-4-3-5-14(8)9(6-15)12(16)11(10)13(18)17-14/h7-8,10-11H,3-5,16H2,1-2H3,(H,17,18)/t8?,10-,11+,14-/m0/s1. The van der Waals surface area contributed by atoms with Crippen molar-refractivity contribution >= 4 is 5.91 Å². The van der Waals surface area contributed by atoms with E-state index < -0.39 is 5.54 Å². The molecule has 2 bridgehead atoms. The quantitative estimate of drug-likeness (QED) is 0.730. The zero-order valence-corrected chi connectivity index (χ0v) is 10.9. The summed E-state index contributed by atoms with van der Waals surface area (Å²) in [5.41, 5.74) is 6.88. The highest BCUT2D eigenvalue weighted by molar-refractivity contribution is 5.87. The second kappa shape index (κ2) is 3.50. The fourth-order valence-electron chi connectivity index (χ4n) is 4.56. The van der Waals surface area contributed by atoms with Gasteiger partial charge in [0.2, 0.25) is 5.91 Å². The van der Waals surface area contributed by atoms with E-state index >= 15 is 0 Å². The maximum atomic E-state index is 12.2. The number of amides is 1. The lowest BCUT2D eigenvalue weighted by molar-refractivity contribution is -0.135. The SMILES string of the molecule is CC(C)[C@H]1C2CCC[C@]23NC(=O)[C@H]1C(N)=C3C#N. The molecule has 1 saturated heterocycles. The average Bonchev–Trinajstić information content (AvgIpc) is 2.70. The van der Waals surface area contributed by atoms with Crippen molar-refractivity contribution in [2.75, 3.05) is 0 Å². The van der Waals surface area contributed by atoms with E-state index in [2.05, 4.69) is 25.2 Å². The van der Waals surface area contributed by atoms with Gasteiger partial charge in [0.15, 0.2) is 0 Å². The third-order valence-corrected chi connectivity index (χ3v) is 5.15. The molecular weight excluding hydrogens is 226 g/mol. The summed E-state index contributed by atoms with van der Waals surface area (Å²) in [6.07, 6.45) is 3.03. The molecule has 4 rings (SSSR count). The van der Waals surface area contributed by atoms with Crippen molar-refractivity contribution in [2.45, 2.75) is 38.6 Å². The Morgan fingerprint density at radius 2 is 2.28 bits per heavy atom. The normalized spacial score (nSPS) is 41.9. The molecule has 3 N–H and O–H groups in total. The number of carbonyl (C=O) groups excluding carboxylic acids is 1. The molecule has 4 heteroatoms. The van der Waals surface area contributed by atoms with Crippen molar-refractivity contribution < 1.29 is 4.79 Å². The predicted octanol–water partition coefficient (Wildman–Crippen LogP) is 1.29. The molecular formula is C14H19N3O. The maximum Gasteiger partial charge on any atom is 0.230 e. The molecule has 0 aromatic rings. The summed E-state index contributed by atoms with van der Waals surface area (Å²) in [4.78, 5) is 12.2. The first-order valence-corrected chi connectivity index (χ1v) is 6.75. The van der Waals surface area contributed by atoms with Gasteiger partial charge < -0.3 is 11.1 Å². The van der Waals surface area contributed by atoms with E-state index in [0.29, 0.717) is 29.0 Å². The summed E-state index contributed by atoms with van der Waals surface area (Å²) in [5, 5.41) is 12.5. The molecule has 2 fully saturated rings. The van der Waals surface area contributed by atoms with Gasteiger partial charge in [0.1, 0.15) is 0 Å². The van der Waals surface area contributed by atoms with Gasteiger partial charge in [-0.3, -0.25) is 4.79 Å². The maximum absolute atomic E-state index is 12.2. The molecule has 4 aliphatic rings. The summed E-state index contributed by atoms with van der Waals surface area (Å²) < 4.78 is 0. The van der Waals surface area contributed by atoms with Crippen LogP contribution in [-0.4, -0.2) is 11.4 Å². The minimum Gasteiger partial charge on any atom is -0.401 e. The zero-order chi connectivity index (χ0) is 13.1. The summed E-state index contributed by atoms with van der Waals surface area (Å²) >= 11 is 0. The number of piperidine rings is 1. The number of hydrogen-bond acceptors (Lipinski definition) is 3. The Kier molecular flexibility index (Phi) is 2.25. The lowest BCUT2D eigenvalue weighted by Crippen LogP contribution is -2.68. The Labute approximate surface area is 107 Å². The Balaban J connectivity index is 2.22. The van der Waals surface area contributed by atoms with Crippen LogP contribution in [-0.2, 0) is 4.79 Å². The lowest BCUT2D eigenvalue weighted by atomic mass is 9.56. The molecule has 1 amide bonds. The fourth-order valence-corrected chi connectivity index (χ4v) is 4.56. The van der Waals surface area contributed by atoms with Gasteiger partial charge in [-0.25, -0.2) is 0 Å². The fraction of sp³-hybridized carbons (Fsp3) is 0.714.